The number of fused-ring (bicyclic) bond motifs is 1. The molecule has 1 aliphatic rings. The van der Waals surface area contributed by atoms with Crippen LogP contribution in [0.1, 0.15) is 29.5 Å². The van der Waals surface area contributed by atoms with Gasteiger partial charge in [-0.15, -0.1) is 5.10 Å². The average molecular weight is 364 g/mol. The number of hydrogen-bond donors (Lipinski definition) is 0. The van der Waals surface area contributed by atoms with Gasteiger partial charge in [0.15, 0.2) is 5.69 Å². The number of hydrogen-bond acceptors (Lipinski definition) is 5. The predicted octanol–water partition coefficient (Wildman–Crippen LogP) is 2.29. The van der Waals surface area contributed by atoms with E-state index < -0.39 is 0 Å². The zero-order valence-corrected chi connectivity index (χ0v) is 16.0. The summed E-state index contributed by atoms with van der Waals surface area (Å²) in [7, 11) is 2.10. The monoisotopic (exact) mass is 364 g/mol. The second-order valence-corrected chi connectivity index (χ2v) is 7.14. The first-order valence-electron chi connectivity index (χ1n) is 9.35. The summed E-state index contributed by atoms with van der Waals surface area (Å²) in [5, 5.41) is 9.52. The van der Waals surface area contributed by atoms with Gasteiger partial charge in [-0.2, -0.15) is 0 Å². The highest BCUT2D eigenvalue weighted by Crippen LogP contribution is 2.20. The van der Waals surface area contributed by atoms with Gasteiger partial charge in [-0.1, -0.05) is 18.2 Å². The molecule has 7 heteroatoms. The van der Waals surface area contributed by atoms with Gasteiger partial charge in [0.05, 0.1) is 16.9 Å². The summed E-state index contributed by atoms with van der Waals surface area (Å²) in [6.07, 6.45) is 2.71. The number of nitrogens with zero attached hydrogens (tertiary/aromatic N) is 6. The molecule has 1 fully saturated rings. The van der Waals surface area contributed by atoms with Gasteiger partial charge in [0.25, 0.3) is 5.91 Å². The van der Waals surface area contributed by atoms with Gasteiger partial charge in [-0.05, 0) is 44.7 Å². The van der Waals surface area contributed by atoms with Crippen LogP contribution >= 0.6 is 0 Å². The van der Waals surface area contributed by atoms with Crippen molar-refractivity contribution in [3.05, 3.63) is 47.9 Å². The van der Waals surface area contributed by atoms with Crippen molar-refractivity contribution in [1.82, 2.24) is 29.8 Å². The van der Waals surface area contributed by atoms with Gasteiger partial charge in [0.1, 0.15) is 0 Å². The van der Waals surface area contributed by atoms with Crippen LogP contribution in [-0.4, -0.2) is 68.4 Å². The van der Waals surface area contributed by atoms with Crippen molar-refractivity contribution in [2.75, 3.05) is 26.7 Å². The van der Waals surface area contributed by atoms with Gasteiger partial charge >= 0.3 is 0 Å². The minimum Gasteiger partial charge on any atom is -0.332 e. The molecule has 1 amide bonds. The summed E-state index contributed by atoms with van der Waals surface area (Å²) in [5.41, 5.74) is 3.00. The Bertz CT molecular complexity index is 982. The van der Waals surface area contributed by atoms with E-state index in [1.165, 1.54) is 0 Å². The molecule has 1 aromatic carbocycles. The highest BCUT2D eigenvalue weighted by atomic mass is 16.2. The highest BCUT2D eigenvalue weighted by molar-refractivity contribution is 5.93. The molecule has 1 atom stereocenters. The van der Waals surface area contributed by atoms with E-state index in [-0.39, 0.29) is 11.9 Å². The zero-order valence-electron chi connectivity index (χ0n) is 16.0. The van der Waals surface area contributed by atoms with E-state index in [2.05, 4.69) is 34.2 Å². The Labute approximate surface area is 158 Å². The predicted molar refractivity (Wildman–Crippen MR) is 104 cm³/mol. The van der Waals surface area contributed by atoms with Crippen molar-refractivity contribution >= 4 is 16.8 Å². The van der Waals surface area contributed by atoms with Crippen molar-refractivity contribution in [3.63, 3.8) is 0 Å². The quantitative estimate of drug-likeness (QED) is 0.713. The molecule has 3 heterocycles. The first-order valence-corrected chi connectivity index (χ1v) is 9.35. The normalized spacial score (nSPS) is 18.2. The summed E-state index contributed by atoms with van der Waals surface area (Å²) in [5.74, 6) is -0.0267. The highest BCUT2D eigenvalue weighted by Gasteiger charge is 2.31. The third-order valence-corrected chi connectivity index (χ3v) is 5.35. The first kappa shape index (κ1) is 17.6. The van der Waals surface area contributed by atoms with Crippen LogP contribution in [0.4, 0.5) is 0 Å². The maximum Gasteiger partial charge on any atom is 0.276 e. The molecule has 7 nitrogen and oxygen atoms in total. The maximum atomic E-state index is 13.1. The number of carbonyl (C=O) groups is 1. The smallest absolute Gasteiger partial charge is 0.276 e. The number of likely N-dealkylation sites (N-methyl/N-ethyl adjacent to an activating group) is 1. The van der Waals surface area contributed by atoms with Crippen LogP contribution < -0.4 is 0 Å². The summed E-state index contributed by atoms with van der Waals surface area (Å²) >= 11 is 0. The van der Waals surface area contributed by atoms with Crippen LogP contribution in [-0.2, 0) is 0 Å². The molecule has 3 aromatic rings. The van der Waals surface area contributed by atoms with Crippen molar-refractivity contribution in [3.8, 4) is 5.69 Å². The molecule has 0 N–H and O–H groups in total. The molecular weight excluding hydrogens is 340 g/mol. The average Bonchev–Trinajstić information content (AvgIpc) is 3.08. The van der Waals surface area contributed by atoms with Gasteiger partial charge < -0.3 is 9.80 Å². The van der Waals surface area contributed by atoms with E-state index in [1.54, 1.807) is 10.9 Å². The molecule has 0 aliphatic carbocycles. The molecule has 27 heavy (non-hydrogen) atoms. The van der Waals surface area contributed by atoms with Gasteiger partial charge in [-0.25, -0.2) is 4.68 Å². The largest absolute Gasteiger partial charge is 0.332 e. The first-order chi connectivity index (χ1) is 13.1. The zero-order chi connectivity index (χ0) is 19.0. The summed E-state index contributed by atoms with van der Waals surface area (Å²) in [4.78, 5) is 21.7. The molecule has 0 saturated carbocycles. The minimum atomic E-state index is -0.0267. The van der Waals surface area contributed by atoms with Gasteiger partial charge in [-0.3, -0.25) is 9.78 Å². The molecule has 0 bridgehead atoms. The van der Waals surface area contributed by atoms with Crippen molar-refractivity contribution < 1.29 is 4.79 Å². The number of benzene rings is 1. The van der Waals surface area contributed by atoms with Crippen LogP contribution in [0, 0.1) is 6.92 Å². The standard InChI is InChI=1S/C20H24N6O/c1-4-16-13-24(3)10-11-25(16)20(27)19-14(2)26(23-22-19)17-7-8-18-15(12-17)6-5-9-21-18/h5-9,12,16H,4,10-11,13H2,1-3H3. The molecule has 1 aliphatic heterocycles. The van der Waals surface area contributed by atoms with Crippen molar-refractivity contribution in [2.45, 2.75) is 26.3 Å². The molecular formula is C20H24N6O. The number of amides is 1. The lowest BCUT2D eigenvalue weighted by atomic mass is 10.1. The summed E-state index contributed by atoms with van der Waals surface area (Å²) < 4.78 is 1.73. The number of pyridine rings is 1. The van der Waals surface area contributed by atoms with Gasteiger partial charge in [0.2, 0.25) is 0 Å². The van der Waals surface area contributed by atoms with E-state index in [9.17, 15) is 4.79 Å². The van der Waals surface area contributed by atoms with Crippen LogP contribution in [0.25, 0.3) is 16.6 Å². The van der Waals surface area contributed by atoms with E-state index >= 15 is 0 Å². The van der Waals surface area contributed by atoms with E-state index in [0.717, 1.165) is 48.3 Å². The summed E-state index contributed by atoms with van der Waals surface area (Å²) in [6, 6.07) is 10.1. The molecule has 1 saturated heterocycles. The van der Waals surface area contributed by atoms with Crippen LogP contribution in [0.5, 0.6) is 0 Å². The molecule has 0 radical (unpaired) electrons. The Morgan fingerprint density at radius 3 is 2.93 bits per heavy atom. The SMILES string of the molecule is CCC1CN(C)CCN1C(=O)c1nnn(-c2ccc3ncccc3c2)c1C. The lowest BCUT2D eigenvalue weighted by molar-refractivity contribution is 0.0487. The summed E-state index contributed by atoms with van der Waals surface area (Å²) in [6.45, 7) is 6.52. The lowest BCUT2D eigenvalue weighted by Gasteiger charge is -2.39. The fraction of sp³-hybridized carbons (Fsp3) is 0.400. The fourth-order valence-corrected chi connectivity index (χ4v) is 3.73. The number of rotatable bonds is 3. The number of carbonyl (C=O) groups excluding carboxylic acids is 1. The van der Waals surface area contributed by atoms with E-state index in [0.29, 0.717) is 5.69 Å². The third-order valence-electron chi connectivity index (χ3n) is 5.35. The Kier molecular flexibility index (Phi) is 4.61. The molecule has 1 unspecified atom stereocenters. The second-order valence-electron chi connectivity index (χ2n) is 7.14. The minimum absolute atomic E-state index is 0.0267. The topological polar surface area (TPSA) is 67.2 Å². The fourth-order valence-electron chi connectivity index (χ4n) is 3.73. The van der Waals surface area contributed by atoms with Crippen LogP contribution in [0.3, 0.4) is 0 Å². The Morgan fingerprint density at radius 1 is 1.26 bits per heavy atom. The van der Waals surface area contributed by atoms with Crippen molar-refractivity contribution in [2.24, 2.45) is 0 Å². The Morgan fingerprint density at radius 2 is 2.11 bits per heavy atom. The van der Waals surface area contributed by atoms with E-state index in [1.807, 2.05) is 42.2 Å². The molecule has 140 valence electrons. The van der Waals surface area contributed by atoms with Crippen LogP contribution in [0.15, 0.2) is 36.5 Å². The number of aromatic nitrogens is 4. The van der Waals surface area contributed by atoms with E-state index in [4.69, 9.17) is 0 Å². The lowest BCUT2D eigenvalue weighted by Crippen LogP contribution is -2.54. The van der Waals surface area contributed by atoms with Gasteiger partial charge in [0, 0.05) is 37.3 Å². The number of piperazine rings is 1. The molecule has 2 aromatic heterocycles. The maximum absolute atomic E-state index is 13.1. The molecule has 4 rings (SSSR count). The third kappa shape index (κ3) is 3.19. The Balaban J connectivity index is 1.66. The Hall–Kier alpha value is -2.80. The van der Waals surface area contributed by atoms with Crippen LogP contribution in [0.2, 0.25) is 0 Å². The molecule has 0 spiro atoms. The second kappa shape index (κ2) is 7.08. The van der Waals surface area contributed by atoms with Crippen molar-refractivity contribution in [1.29, 1.82) is 0 Å².